The summed E-state index contributed by atoms with van der Waals surface area (Å²) >= 11 is 0. The third-order valence-electron chi connectivity index (χ3n) is 4.98. The van der Waals surface area contributed by atoms with E-state index in [0.717, 1.165) is 25.7 Å². The Bertz CT molecular complexity index is 672. The number of nitrogens with one attached hydrogen (secondary N) is 2. The van der Waals surface area contributed by atoms with Gasteiger partial charge >= 0.3 is 6.03 Å². The molecular weight excluding hydrogens is 326 g/mol. The van der Waals surface area contributed by atoms with Gasteiger partial charge in [0.25, 0.3) is 0 Å². The summed E-state index contributed by atoms with van der Waals surface area (Å²) in [5.74, 6) is 0.342. The maximum absolute atomic E-state index is 12.1. The van der Waals surface area contributed by atoms with Crippen LogP contribution in [0.1, 0.15) is 24.0 Å². The molecule has 132 valence electrons. The molecular formula is C17H25N3O3S. The van der Waals surface area contributed by atoms with Gasteiger partial charge in [-0.2, -0.15) is 0 Å². The molecule has 0 bridgehead atoms. The third kappa shape index (κ3) is 4.27. The highest BCUT2D eigenvalue weighted by molar-refractivity contribution is 7.88. The Morgan fingerprint density at radius 2 is 1.75 bits per heavy atom. The highest BCUT2D eigenvalue weighted by Gasteiger charge is 2.26. The van der Waals surface area contributed by atoms with Crippen molar-refractivity contribution in [1.29, 1.82) is 0 Å². The van der Waals surface area contributed by atoms with E-state index in [1.54, 1.807) is 0 Å². The summed E-state index contributed by atoms with van der Waals surface area (Å²) in [5, 5.41) is 5.98. The molecule has 1 aliphatic carbocycles. The molecule has 0 unspecified atom stereocenters. The summed E-state index contributed by atoms with van der Waals surface area (Å²) < 4.78 is 24.5. The average Bonchev–Trinajstić information content (AvgIpc) is 2.94. The fourth-order valence-electron chi connectivity index (χ4n) is 3.58. The zero-order valence-electron chi connectivity index (χ0n) is 14.0. The largest absolute Gasteiger partial charge is 0.338 e. The molecule has 7 heteroatoms. The summed E-state index contributed by atoms with van der Waals surface area (Å²) in [6.07, 6.45) is 4.61. The molecule has 2 N–H and O–H groups in total. The fourth-order valence-corrected chi connectivity index (χ4v) is 4.45. The van der Waals surface area contributed by atoms with Crippen LogP contribution in [-0.2, 0) is 22.9 Å². The van der Waals surface area contributed by atoms with Gasteiger partial charge in [0.05, 0.1) is 6.26 Å². The van der Waals surface area contributed by atoms with Crippen LogP contribution in [0.25, 0.3) is 0 Å². The van der Waals surface area contributed by atoms with E-state index < -0.39 is 10.0 Å². The van der Waals surface area contributed by atoms with Gasteiger partial charge in [0.2, 0.25) is 10.0 Å². The lowest BCUT2D eigenvalue weighted by molar-refractivity contribution is 0.228. The first kappa shape index (κ1) is 17.2. The maximum atomic E-state index is 12.1. The Balaban J connectivity index is 1.38. The SMILES string of the molecule is CS(=O)(=O)N1CCC(CNC(=O)NC2Cc3ccccc3C2)CC1. The standard InChI is InChI=1S/C17H25N3O3S/c1-24(22,23)20-8-6-13(7-9-20)12-18-17(21)19-16-10-14-4-2-3-5-15(14)11-16/h2-5,13,16H,6-12H2,1H3,(H2,18,19,21). The van der Waals surface area contributed by atoms with E-state index in [1.807, 2.05) is 12.1 Å². The van der Waals surface area contributed by atoms with Crippen LogP contribution in [0.3, 0.4) is 0 Å². The van der Waals surface area contributed by atoms with Crippen molar-refractivity contribution in [2.24, 2.45) is 5.92 Å². The van der Waals surface area contributed by atoms with Crippen molar-refractivity contribution < 1.29 is 13.2 Å². The minimum atomic E-state index is -3.09. The Hall–Kier alpha value is -1.60. The molecule has 2 amide bonds. The number of fused-ring (bicyclic) bond motifs is 1. The number of carbonyl (C=O) groups excluding carboxylic acids is 1. The van der Waals surface area contributed by atoms with Gasteiger partial charge in [-0.25, -0.2) is 17.5 Å². The molecule has 0 aromatic heterocycles. The summed E-state index contributed by atoms with van der Waals surface area (Å²) in [6, 6.07) is 8.33. The molecule has 1 aromatic rings. The van der Waals surface area contributed by atoms with Gasteiger partial charge in [0.1, 0.15) is 0 Å². The van der Waals surface area contributed by atoms with Crippen LogP contribution in [0.5, 0.6) is 0 Å². The van der Waals surface area contributed by atoms with Crippen molar-refractivity contribution in [2.75, 3.05) is 25.9 Å². The molecule has 1 aliphatic heterocycles. The topological polar surface area (TPSA) is 78.5 Å². The van der Waals surface area contributed by atoms with Gasteiger partial charge in [-0.1, -0.05) is 24.3 Å². The zero-order valence-corrected chi connectivity index (χ0v) is 14.8. The van der Waals surface area contributed by atoms with Crippen molar-refractivity contribution in [3.63, 3.8) is 0 Å². The van der Waals surface area contributed by atoms with Gasteiger partial charge in [-0.3, -0.25) is 0 Å². The number of hydrogen-bond acceptors (Lipinski definition) is 3. The van der Waals surface area contributed by atoms with Crippen molar-refractivity contribution in [1.82, 2.24) is 14.9 Å². The molecule has 1 aromatic carbocycles. The average molecular weight is 351 g/mol. The first-order valence-electron chi connectivity index (χ1n) is 8.48. The Morgan fingerprint density at radius 3 is 2.29 bits per heavy atom. The van der Waals surface area contributed by atoms with Gasteiger partial charge in [-0.15, -0.1) is 0 Å². The van der Waals surface area contributed by atoms with Crippen LogP contribution in [0, 0.1) is 5.92 Å². The highest BCUT2D eigenvalue weighted by Crippen LogP contribution is 2.21. The van der Waals surface area contributed by atoms with Gasteiger partial charge in [0, 0.05) is 25.7 Å². The highest BCUT2D eigenvalue weighted by atomic mass is 32.2. The van der Waals surface area contributed by atoms with Crippen LogP contribution in [0.2, 0.25) is 0 Å². The van der Waals surface area contributed by atoms with Crippen molar-refractivity contribution in [2.45, 2.75) is 31.7 Å². The minimum absolute atomic E-state index is 0.127. The van der Waals surface area contributed by atoms with Crippen molar-refractivity contribution >= 4 is 16.1 Å². The lowest BCUT2D eigenvalue weighted by atomic mass is 9.98. The van der Waals surface area contributed by atoms with Crippen LogP contribution < -0.4 is 10.6 Å². The quantitative estimate of drug-likeness (QED) is 0.853. The fraction of sp³-hybridized carbons (Fsp3) is 0.588. The Labute approximate surface area is 143 Å². The smallest absolute Gasteiger partial charge is 0.315 e. The normalized spacial score (nSPS) is 19.9. The number of sulfonamides is 1. The van der Waals surface area contributed by atoms with E-state index in [2.05, 4.69) is 22.8 Å². The molecule has 6 nitrogen and oxygen atoms in total. The second-order valence-corrected chi connectivity index (χ2v) is 8.82. The molecule has 1 saturated heterocycles. The van der Waals surface area contributed by atoms with E-state index in [9.17, 15) is 13.2 Å². The van der Waals surface area contributed by atoms with Crippen LogP contribution in [0.4, 0.5) is 4.79 Å². The summed E-state index contributed by atoms with van der Waals surface area (Å²) in [5.41, 5.74) is 2.63. The Kier molecular flexibility index (Phi) is 5.10. The monoisotopic (exact) mass is 351 g/mol. The molecule has 24 heavy (non-hydrogen) atoms. The number of benzene rings is 1. The second-order valence-electron chi connectivity index (χ2n) is 6.83. The van der Waals surface area contributed by atoms with E-state index in [1.165, 1.54) is 21.7 Å². The number of nitrogens with zero attached hydrogens (tertiary/aromatic N) is 1. The molecule has 1 fully saturated rings. The first-order chi connectivity index (χ1) is 11.4. The predicted molar refractivity (Wildman–Crippen MR) is 93.3 cm³/mol. The van der Waals surface area contributed by atoms with E-state index in [4.69, 9.17) is 0 Å². The number of piperidine rings is 1. The Morgan fingerprint density at radius 1 is 1.17 bits per heavy atom. The van der Waals surface area contributed by atoms with E-state index >= 15 is 0 Å². The first-order valence-corrected chi connectivity index (χ1v) is 10.3. The molecule has 3 rings (SSSR count). The lowest BCUT2D eigenvalue weighted by Crippen LogP contribution is -2.46. The number of rotatable bonds is 4. The molecule has 0 saturated carbocycles. The molecule has 2 aliphatic rings. The van der Waals surface area contributed by atoms with E-state index in [-0.39, 0.29) is 12.1 Å². The zero-order chi connectivity index (χ0) is 17.2. The van der Waals surface area contributed by atoms with Crippen molar-refractivity contribution in [3.8, 4) is 0 Å². The molecule has 0 radical (unpaired) electrons. The van der Waals surface area contributed by atoms with E-state index in [0.29, 0.717) is 25.6 Å². The van der Waals surface area contributed by atoms with Crippen LogP contribution in [0.15, 0.2) is 24.3 Å². The molecule has 1 heterocycles. The van der Waals surface area contributed by atoms with Crippen LogP contribution in [-0.4, -0.2) is 50.7 Å². The summed E-state index contributed by atoms with van der Waals surface area (Å²) in [7, 11) is -3.09. The number of carbonyl (C=O) groups is 1. The minimum Gasteiger partial charge on any atom is -0.338 e. The van der Waals surface area contributed by atoms with Gasteiger partial charge < -0.3 is 10.6 Å². The lowest BCUT2D eigenvalue weighted by Gasteiger charge is -2.30. The summed E-state index contributed by atoms with van der Waals surface area (Å²) in [6.45, 7) is 1.69. The summed E-state index contributed by atoms with van der Waals surface area (Å²) in [4.78, 5) is 12.1. The van der Waals surface area contributed by atoms with Crippen molar-refractivity contribution in [3.05, 3.63) is 35.4 Å². The molecule has 0 atom stereocenters. The predicted octanol–water partition coefficient (Wildman–Crippen LogP) is 1.12. The number of urea groups is 1. The van der Waals surface area contributed by atoms with Gasteiger partial charge in [-0.05, 0) is 42.7 Å². The third-order valence-corrected chi connectivity index (χ3v) is 6.28. The van der Waals surface area contributed by atoms with Gasteiger partial charge in [0.15, 0.2) is 0 Å². The van der Waals surface area contributed by atoms with Crippen LogP contribution >= 0.6 is 0 Å². The molecule has 0 spiro atoms. The second kappa shape index (κ2) is 7.11. The number of hydrogen-bond donors (Lipinski definition) is 2. The maximum Gasteiger partial charge on any atom is 0.315 e. The number of amides is 2.